The number of rotatable bonds is 10. The number of aryl methyl sites for hydroxylation is 1. The largest absolute Gasteiger partial charge is 0.493 e. The van der Waals surface area contributed by atoms with Crippen LogP contribution in [0.25, 0.3) is 0 Å². The van der Waals surface area contributed by atoms with Gasteiger partial charge in [-0.15, -0.1) is 10.2 Å². The Hall–Kier alpha value is -2.71. The van der Waals surface area contributed by atoms with Gasteiger partial charge in [-0.25, -0.2) is 0 Å². The van der Waals surface area contributed by atoms with Gasteiger partial charge in [-0.1, -0.05) is 55.4 Å². The van der Waals surface area contributed by atoms with E-state index in [0.29, 0.717) is 45.7 Å². The minimum Gasteiger partial charge on any atom is -0.493 e. The van der Waals surface area contributed by atoms with Crippen LogP contribution >= 0.6 is 23.4 Å². The van der Waals surface area contributed by atoms with Crippen molar-refractivity contribution in [1.82, 2.24) is 14.8 Å². The Labute approximate surface area is 203 Å². The van der Waals surface area contributed by atoms with Gasteiger partial charge >= 0.3 is 0 Å². The van der Waals surface area contributed by atoms with E-state index in [1.54, 1.807) is 13.2 Å². The zero-order valence-corrected chi connectivity index (χ0v) is 21.0. The molecule has 1 N–H and O–H groups in total. The predicted molar refractivity (Wildman–Crippen MR) is 132 cm³/mol. The molecule has 1 atom stereocenters. The number of anilines is 1. The highest BCUT2D eigenvalue weighted by Gasteiger charge is 2.22. The van der Waals surface area contributed by atoms with Crippen molar-refractivity contribution in [3.63, 3.8) is 0 Å². The lowest BCUT2D eigenvalue weighted by atomic mass is 10.2. The first kappa shape index (κ1) is 24.9. The summed E-state index contributed by atoms with van der Waals surface area (Å²) in [7, 11) is 1.61. The van der Waals surface area contributed by atoms with E-state index in [1.165, 1.54) is 11.8 Å². The molecule has 0 aliphatic carbocycles. The van der Waals surface area contributed by atoms with Gasteiger partial charge in [-0.05, 0) is 49.6 Å². The van der Waals surface area contributed by atoms with Crippen LogP contribution in [0.1, 0.15) is 38.3 Å². The number of para-hydroxylation sites is 2. The maximum atomic E-state index is 12.5. The normalized spacial score (nSPS) is 12.0. The summed E-state index contributed by atoms with van der Waals surface area (Å²) in [6.45, 7) is 8.80. The molecule has 0 radical (unpaired) electrons. The van der Waals surface area contributed by atoms with Crippen molar-refractivity contribution in [3.05, 3.63) is 58.9 Å². The zero-order chi connectivity index (χ0) is 24.0. The van der Waals surface area contributed by atoms with Gasteiger partial charge in [0.2, 0.25) is 5.91 Å². The molecule has 0 saturated carbocycles. The molecule has 176 valence electrons. The van der Waals surface area contributed by atoms with Gasteiger partial charge in [0.05, 0.1) is 12.9 Å². The fourth-order valence-corrected chi connectivity index (χ4v) is 4.14. The van der Waals surface area contributed by atoms with E-state index in [4.69, 9.17) is 21.1 Å². The smallest absolute Gasteiger partial charge is 0.234 e. The fraction of sp³-hybridized carbons (Fsp3) is 0.375. The van der Waals surface area contributed by atoms with Gasteiger partial charge in [0.15, 0.2) is 28.6 Å². The first-order chi connectivity index (χ1) is 15.8. The van der Waals surface area contributed by atoms with E-state index >= 15 is 0 Å². The number of benzene rings is 2. The lowest BCUT2D eigenvalue weighted by Gasteiger charge is -2.19. The van der Waals surface area contributed by atoms with Crippen molar-refractivity contribution in [2.24, 2.45) is 5.92 Å². The number of nitrogens with zero attached hydrogens (tertiary/aromatic N) is 3. The minimum absolute atomic E-state index is 0.140. The number of ether oxygens (including phenoxy) is 2. The Morgan fingerprint density at radius 2 is 1.88 bits per heavy atom. The molecule has 3 rings (SSSR count). The average molecular weight is 489 g/mol. The summed E-state index contributed by atoms with van der Waals surface area (Å²) >= 11 is 7.49. The molecule has 7 nitrogen and oxygen atoms in total. The molecule has 0 spiro atoms. The van der Waals surface area contributed by atoms with Gasteiger partial charge in [0.25, 0.3) is 0 Å². The van der Waals surface area contributed by atoms with Crippen LogP contribution in [-0.2, 0) is 11.3 Å². The summed E-state index contributed by atoms with van der Waals surface area (Å²) in [6, 6.07) is 12.9. The monoisotopic (exact) mass is 488 g/mol. The number of carbonyl (C=O) groups excluding carboxylic acids is 1. The molecule has 33 heavy (non-hydrogen) atoms. The Balaban J connectivity index is 1.71. The lowest BCUT2D eigenvalue weighted by molar-refractivity contribution is -0.113. The van der Waals surface area contributed by atoms with E-state index in [9.17, 15) is 4.79 Å². The molecule has 0 saturated heterocycles. The van der Waals surface area contributed by atoms with Crippen molar-refractivity contribution < 1.29 is 14.3 Å². The van der Waals surface area contributed by atoms with E-state index in [1.807, 2.05) is 54.8 Å². The highest BCUT2D eigenvalue weighted by molar-refractivity contribution is 7.99. The Bertz CT molecular complexity index is 1100. The van der Waals surface area contributed by atoms with Crippen LogP contribution in [0.15, 0.2) is 47.6 Å². The molecule has 1 unspecified atom stereocenters. The van der Waals surface area contributed by atoms with Crippen LogP contribution in [0.2, 0.25) is 5.02 Å². The molecule has 1 amide bonds. The minimum atomic E-state index is -0.356. The van der Waals surface area contributed by atoms with Crippen LogP contribution < -0.4 is 14.8 Å². The van der Waals surface area contributed by atoms with Gasteiger partial charge in [0, 0.05) is 17.3 Å². The van der Waals surface area contributed by atoms with Crippen LogP contribution in [-0.4, -0.2) is 33.5 Å². The first-order valence-corrected chi connectivity index (χ1v) is 12.1. The van der Waals surface area contributed by atoms with Crippen molar-refractivity contribution in [2.45, 2.75) is 45.5 Å². The van der Waals surface area contributed by atoms with E-state index < -0.39 is 0 Å². The summed E-state index contributed by atoms with van der Waals surface area (Å²) in [5.41, 5.74) is 1.63. The third-order valence-electron chi connectivity index (χ3n) is 4.82. The van der Waals surface area contributed by atoms with Crippen molar-refractivity contribution in [1.29, 1.82) is 0 Å². The number of nitrogens with one attached hydrogen (secondary N) is 1. The SMILES string of the molecule is COc1ccccc1OC(C)c1nnc(SCC(=O)Nc2ccc(C)c(Cl)c2)n1CC(C)C. The summed E-state index contributed by atoms with van der Waals surface area (Å²) in [4.78, 5) is 12.5. The van der Waals surface area contributed by atoms with Crippen LogP contribution in [0, 0.1) is 12.8 Å². The molecule has 0 bridgehead atoms. The van der Waals surface area contributed by atoms with E-state index in [2.05, 4.69) is 29.4 Å². The molecule has 2 aromatic carbocycles. The molecule has 0 aliphatic heterocycles. The molecule has 3 aromatic rings. The average Bonchev–Trinajstić information content (AvgIpc) is 3.17. The van der Waals surface area contributed by atoms with Crippen LogP contribution in [0.5, 0.6) is 11.5 Å². The van der Waals surface area contributed by atoms with Crippen LogP contribution in [0.4, 0.5) is 5.69 Å². The fourth-order valence-electron chi connectivity index (χ4n) is 3.20. The molecule has 9 heteroatoms. The highest BCUT2D eigenvalue weighted by Crippen LogP contribution is 2.31. The number of methoxy groups -OCH3 is 1. The number of carbonyl (C=O) groups is 1. The van der Waals surface area contributed by atoms with E-state index in [-0.39, 0.29) is 17.8 Å². The van der Waals surface area contributed by atoms with Gasteiger partial charge in [-0.3, -0.25) is 4.79 Å². The molecule has 1 aromatic heterocycles. The van der Waals surface area contributed by atoms with Crippen molar-refractivity contribution in [2.75, 3.05) is 18.2 Å². The quantitative estimate of drug-likeness (QED) is 0.365. The second-order valence-corrected chi connectivity index (χ2v) is 9.41. The third kappa shape index (κ3) is 6.65. The summed E-state index contributed by atoms with van der Waals surface area (Å²) in [6.07, 6.45) is -0.356. The first-order valence-electron chi connectivity index (χ1n) is 10.7. The molecule has 0 aliphatic rings. The van der Waals surface area contributed by atoms with Gasteiger partial charge in [0.1, 0.15) is 0 Å². The number of thioether (sulfide) groups is 1. The molecule has 1 heterocycles. The standard InChI is InChI=1S/C24H29ClN4O3S/c1-15(2)13-29-23(17(4)32-21-9-7-6-8-20(21)31-5)27-28-24(29)33-14-22(30)26-18-11-10-16(3)19(25)12-18/h6-12,15,17H,13-14H2,1-5H3,(H,26,30). The summed E-state index contributed by atoms with van der Waals surface area (Å²) < 4.78 is 13.5. The summed E-state index contributed by atoms with van der Waals surface area (Å²) in [5, 5.41) is 12.9. The molecular weight excluding hydrogens is 460 g/mol. The number of halogens is 1. The maximum Gasteiger partial charge on any atom is 0.234 e. The van der Waals surface area contributed by atoms with E-state index in [0.717, 1.165) is 5.56 Å². The van der Waals surface area contributed by atoms with Gasteiger partial charge in [-0.2, -0.15) is 0 Å². The topological polar surface area (TPSA) is 78.3 Å². The second-order valence-electron chi connectivity index (χ2n) is 8.06. The molecule has 0 fully saturated rings. The Kier molecular flexibility index (Phi) is 8.63. The Morgan fingerprint density at radius 1 is 1.15 bits per heavy atom. The number of hydrogen-bond donors (Lipinski definition) is 1. The predicted octanol–water partition coefficient (Wildman–Crippen LogP) is 5.78. The van der Waals surface area contributed by atoms with Crippen molar-refractivity contribution in [3.8, 4) is 11.5 Å². The highest BCUT2D eigenvalue weighted by atomic mass is 35.5. The number of aromatic nitrogens is 3. The summed E-state index contributed by atoms with van der Waals surface area (Å²) in [5.74, 6) is 2.41. The molecular formula is C24H29ClN4O3S. The number of hydrogen-bond acceptors (Lipinski definition) is 6. The van der Waals surface area contributed by atoms with Gasteiger partial charge < -0.3 is 19.4 Å². The second kappa shape index (κ2) is 11.4. The zero-order valence-electron chi connectivity index (χ0n) is 19.5. The Morgan fingerprint density at radius 3 is 2.55 bits per heavy atom. The van der Waals surface area contributed by atoms with Crippen LogP contribution in [0.3, 0.4) is 0 Å². The number of amides is 1. The third-order valence-corrected chi connectivity index (χ3v) is 6.19. The maximum absolute atomic E-state index is 12.5. The van der Waals surface area contributed by atoms with Crippen molar-refractivity contribution >= 4 is 35.0 Å². The lowest BCUT2D eigenvalue weighted by Crippen LogP contribution is -2.17.